The van der Waals surface area contributed by atoms with Gasteiger partial charge in [0.1, 0.15) is 0 Å². The zero-order chi connectivity index (χ0) is 13.0. The van der Waals surface area contributed by atoms with E-state index in [0.29, 0.717) is 0 Å². The summed E-state index contributed by atoms with van der Waals surface area (Å²) in [5, 5.41) is 8.71. The second-order valence-electron chi connectivity index (χ2n) is 4.44. The molecule has 0 radical (unpaired) electrons. The van der Waals surface area contributed by atoms with Crippen molar-refractivity contribution in [1.29, 1.82) is 0 Å². The smallest absolute Gasteiger partial charge is 0.228 e. The van der Waals surface area contributed by atoms with Crippen molar-refractivity contribution in [2.24, 2.45) is 5.92 Å². The number of hydrogen-bond donors (Lipinski definition) is 3. The molecule has 2 rings (SSSR count). The van der Waals surface area contributed by atoms with Crippen LogP contribution in [0.4, 0.5) is 11.4 Å². The van der Waals surface area contributed by atoms with Gasteiger partial charge in [0.25, 0.3) is 0 Å². The second kappa shape index (κ2) is 7.11. The van der Waals surface area contributed by atoms with E-state index in [2.05, 4.69) is 16.0 Å². The highest BCUT2D eigenvalue weighted by atomic mass is 35.5. The van der Waals surface area contributed by atoms with Gasteiger partial charge < -0.3 is 16.0 Å². The quantitative estimate of drug-likeness (QED) is 0.789. The van der Waals surface area contributed by atoms with E-state index in [1.807, 2.05) is 0 Å². The van der Waals surface area contributed by atoms with Crippen LogP contribution in [0.3, 0.4) is 0 Å². The first kappa shape index (κ1) is 15.5. The molecule has 19 heavy (non-hydrogen) atoms. The van der Waals surface area contributed by atoms with Crippen molar-refractivity contribution in [3.05, 3.63) is 24.3 Å². The average molecular weight is 284 g/mol. The summed E-state index contributed by atoms with van der Waals surface area (Å²) >= 11 is 0. The molecule has 2 amide bonds. The molecule has 1 saturated heterocycles. The number of carbonyl (C=O) groups excluding carboxylic acids is 2. The zero-order valence-electron chi connectivity index (χ0n) is 10.7. The largest absolute Gasteiger partial charge is 0.326 e. The van der Waals surface area contributed by atoms with E-state index in [0.717, 1.165) is 30.9 Å². The minimum absolute atomic E-state index is 0. The lowest BCUT2D eigenvalue weighted by Gasteiger charge is -2.10. The van der Waals surface area contributed by atoms with E-state index in [-0.39, 0.29) is 30.1 Å². The maximum absolute atomic E-state index is 11.9. The van der Waals surface area contributed by atoms with Crippen molar-refractivity contribution >= 4 is 35.6 Å². The Kier molecular flexibility index (Phi) is 5.79. The molecule has 5 nitrogen and oxygen atoms in total. The molecule has 3 N–H and O–H groups in total. The van der Waals surface area contributed by atoms with E-state index in [9.17, 15) is 9.59 Å². The Labute approximate surface area is 118 Å². The highest BCUT2D eigenvalue weighted by Gasteiger charge is 2.22. The molecule has 0 bridgehead atoms. The van der Waals surface area contributed by atoms with Crippen LogP contribution in [0.5, 0.6) is 0 Å². The van der Waals surface area contributed by atoms with Gasteiger partial charge in [0.05, 0.1) is 5.92 Å². The topological polar surface area (TPSA) is 70.2 Å². The lowest BCUT2D eigenvalue weighted by Crippen LogP contribution is -2.24. The van der Waals surface area contributed by atoms with Gasteiger partial charge in [-0.2, -0.15) is 0 Å². The summed E-state index contributed by atoms with van der Waals surface area (Å²) in [6.45, 7) is 3.11. The third-order valence-electron chi connectivity index (χ3n) is 2.90. The summed E-state index contributed by atoms with van der Waals surface area (Å²) in [6, 6.07) is 7.10. The van der Waals surface area contributed by atoms with Crippen LogP contribution in [-0.2, 0) is 9.59 Å². The molecule has 0 aromatic heterocycles. The van der Waals surface area contributed by atoms with Crippen LogP contribution in [-0.4, -0.2) is 24.9 Å². The number of rotatable bonds is 3. The van der Waals surface area contributed by atoms with Crippen LogP contribution in [0.1, 0.15) is 13.3 Å². The first-order valence-electron chi connectivity index (χ1n) is 6.04. The highest BCUT2D eigenvalue weighted by molar-refractivity contribution is 5.93. The Bertz CT molecular complexity index is 442. The Morgan fingerprint density at radius 3 is 2.21 bits per heavy atom. The number of nitrogens with one attached hydrogen (secondary N) is 3. The van der Waals surface area contributed by atoms with Crippen LogP contribution in [0, 0.1) is 5.92 Å². The molecule has 1 atom stereocenters. The number of amides is 2. The molecule has 0 aliphatic carbocycles. The van der Waals surface area contributed by atoms with E-state index >= 15 is 0 Å². The van der Waals surface area contributed by atoms with E-state index < -0.39 is 0 Å². The van der Waals surface area contributed by atoms with Gasteiger partial charge in [-0.1, -0.05) is 0 Å². The Hall–Kier alpha value is -1.59. The van der Waals surface area contributed by atoms with Crippen molar-refractivity contribution in [3.63, 3.8) is 0 Å². The van der Waals surface area contributed by atoms with E-state index in [4.69, 9.17) is 0 Å². The number of anilines is 2. The molecule has 1 heterocycles. The monoisotopic (exact) mass is 283 g/mol. The van der Waals surface area contributed by atoms with Gasteiger partial charge >= 0.3 is 0 Å². The van der Waals surface area contributed by atoms with Gasteiger partial charge in [-0.05, 0) is 37.2 Å². The summed E-state index contributed by atoms with van der Waals surface area (Å²) in [4.78, 5) is 22.7. The summed E-state index contributed by atoms with van der Waals surface area (Å²) in [6.07, 6.45) is 0.885. The minimum Gasteiger partial charge on any atom is -0.326 e. The fourth-order valence-corrected chi connectivity index (χ4v) is 1.96. The summed E-state index contributed by atoms with van der Waals surface area (Å²) in [7, 11) is 0. The lowest BCUT2D eigenvalue weighted by molar-refractivity contribution is -0.119. The highest BCUT2D eigenvalue weighted by Crippen LogP contribution is 2.16. The van der Waals surface area contributed by atoms with Gasteiger partial charge in [-0.3, -0.25) is 9.59 Å². The number of benzene rings is 1. The molecular weight excluding hydrogens is 266 g/mol. The summed E-state index contributed by atoms with van der Waals surface area (Å²) in [5.74, 6) is -0.00360. The molecule has 0 saturated carbocycles. The predicted octanol–water partition coefficient (Wildman–Crippen LogP) is 1.61. The third kappa shape index (κ3) is 4.54. The van der Waals surface area contributed by atoms with Crippen molar-refractivity contribution in [2.75, 3.05) is 23.7 Å². The average Bonchev–Trinajstić information content (AvgIpc) is 2.84. The maximum atomic E-state index is 11.9. The molecule has 1 aliphatic rings. The molecule has 0 spiro atoms. The van der Waals surface area contributed by atoms with Crippen molar-refractivity contribution in [1.82, 2.24) is 5.32 Å². The van der Waals surface area contributed by atoms with E-state index in [1.165, 1.54) is 6.92 Å². The predicted molar refractivity (Wildman–Crippen MR) is 77.6 cm³/mol. The van der Waals surface area contributed by atoms with Crippen LogP contribution in [0.25, 0.3) is 0 Å². The van der Waals surface area contributed by atoms with Gasteiger partial charge in [0.15, 0.2) is 0 Å². The molecule has 6 heteroatoms. The number of carbonyl (C=O) groups is 2. The van der Waals surface area contributed by atoms with Gasteiger partial charge in [-0.15, -0.1) is 12.4 Å². The minimum atomic E-state index is -0.108. The molecule has 104 valence electrons. The lowest BCUT2D eigenvalue weighted by atomic mass is 10.1. The zero-order valence-corrected chi connectivity index (χ0v) is 11.5. The van der Waals surface area contributed by atoms with Crippen LogP contribution >= 0.6 is 12.4 Å². The Morgan fingerprint density at radius 2 is 1.74 bits per heavy atom. The molecule has 1 aromatic rings. The SMILES string of the molecule is CC(=O)Nc1ccc(NC(=O)C2CCNC2)cc1.Cl. The molecule has 1 aliphatic heterocycles. The molecule has 1 unspecified atom stereocenters. The van der Waals surface area contributed by atoms with Crippen molar-refractivity contribution in [3.8, 4) is 0 Å². The van der Waals surface area contributed by atoms with Crippen molar-refractivity contribution in [2.45, 2.75) is 13.3 Å². The first-order valence-corrected chi connectivity index (χ1v) is 6.04. The van der Waals surface area contributed by atoms with Gasteiger partial charge in [0.2, 0.25) is 11.8 Å². The van der Waals surface area contributed by atoms with Crippen LogP contribution in [0.2, 0.25) is 0 Å². The molecule has 1 fully saturated rings. The Balaban J connectivity index is 0.00000180. The molecular formula is C13H18ClN3O2. The normalized spacial score (nSPS) is 17.4. The number of halogens is 1. The third-order valence-corrected chi connectivity index (χ3v) is 2.90. The van der Waals surface area contributed by atoms with Crippen molar-refractivity contribution < 1.29 is 9.59 Å². The number of hydrogen-bond acceptors (Lipinski definition) is 3. The Morgan fingerprint density at radius 1 is 1.16 bits per heavy atom. The maximum Gasteiger partial charge on any atom is 0.228 e. The van der Waals surface area contributed by atoms with E-state index in [1.54, 1.807) is 24.3 Å². The second-order valence-corrected chi connectivity index (χ2v) is 4.44. The fraction of sp³-hybridized carbons (Fsp3) is 0.385. The van der Waals surface area contributed by atoms with Crippen LogP contribution < -0.4 is 16.0 Å². The van der Waals surface area contributed by atoms with Gasteiger partial charge in [-0.25, -0.2) is 0 Å². The standard InChI is InChI=1S/C13H17N3O2.ClH/c1-9(17)15-11-2-4-12(5-3-11)16-13(18)10-6-7-14-8-10;/h2-5,10,14H,6-8H2,1H3,(H,15,17)(H,16,18);1H. The van der Waals surface area contributed by atoms with Gasteiger partial charge in [0, 0.05) is 24.8 Å². The fourth-order valence-electron chi connectivity index (χ4n) is 1.96. The first-order chi connectivity index (χ1) is 8.65. The van der Waals surface area contributed by atoms with Crippen LogP contribution in [0.15, 0.2) is 24.3 Å². The molecule has 1 aromatic carbocycles. The summed E-state index contributed by atoms with van der Waals surface area (Å²) < 4.78 is 0. The summed E-state index contributed by atoms with van der Waals surface area (Å²) in [5.41, 5.74) is 1.48.